The molecule has 3 aromatic rings. The molecule has 2 aliphatic heterocycles. The van der Waals surface area contributed by atoms with Crippen LogP contribution >= 0.6 is 0 Å². The molecule has 3 aromatic heterocycles. The SMILES string of the molecule is CC1=C(c2cccc(C3=C(C)S(=O)(=O)C(C)C(c4ccccn4)=N3)n2)N=C(c2ccccn2)C(C)S1(=O)=O. The maximum absolute atomic E-state index is 13.3. The Morgan fingerprint density at radius 3 is 1.34 bits per heavy atom. The maximum atomic E-state index is 13.3. The summed E-state index contributed by atoms with van der Waals surface area (Å²) in [4.78, 5) is 22.8. The van der Waals surface area contributed by atoms with E-state index in [9.17, 15) is 16.8 Å². The van der Waals surface area contributed by atoms with Crippen molar-refractivity contribution in [3.8, 4) is 0 Å². The molecule has 0 saturated heterocycles. The zero-order valence-electron chi connectivity index (χ0n) is 21.2. The Hall–Kier alpha value is -3.83. The summed E-state index contributed by atoms with van der Waals surface area (Å²) < 4.78 is 53.3. The summed E-state index contributed by atoms with van der Waals surface area (Å²) in [5.41, 5.74) is 2.50. The van der Waals surface area contributed by atoms with Crippen LogP contribution in [0.15, 0.2) is 86.8 Å². The highest BCUT2D eigenvalue weighted by Gasteiger charge is 2.38. The molecular weight excluding hydrogens is 522 g/mol. The maximum Gasteiger partial charge on any atom is 0.184 e. The van der Waals surface area contributed by atoms with Crippen LogP contribution in [0.3, 0.4) is 0 Å². The number of allylic oxidation sites excluding steroid dienone is 2. The van der Waals surface area contributed by atoms with Crippen molar-refractivity contribution < 1.29 is 16.8 Å². The van der Waals surface area contributed by atoms with Gasteiger partial charge in [-0.3, -0.25) is 9.97 Å². The van der Waals surface area contributed by atoms with E-state index < -0.39 is 30.2 Å². The van der Waals surface area contributed by atoms with Crippen LogP contribution < -0.4 is 0 Å². The standard InChI is InChI=1S/C27H25N5O4S2/c1-16-24(20-10-5-7-14-28-20)31-26(18(3)37(16,33)34)22-12-9-13-23(30-22)27-19(4)38(35,36)17(2)25(32-27)21-11-6-8-15-29-21/h5-17H,1-4H3. The first-order chi connectivity index (χ1) is 18.0. The molecule has 2 unspecified atom stereocenters. The molecule has 38 heavy (non-hydrogen) atoms. The number of aromatic nitrogens is 3. The van der Waals surface area contributed by atoms with Crippen LogP contribution in [0.5, 0.6) is 0 Å². The van der Waals surface area contributed by atoms with Crippen molar-refractivity contribution in [3.05, 3.63) is 99.6 Å². The molecule has 0 bridgehead atoms. The van der Waals surface area contributed by atoms with E-state index in [1.54, 1.807) is 80.8 Å². The Morgan fingerprint density at radius 1 is 0.579 bits per heavy atom. The largest absolute Gasteiger partial charge is 0.255 e. The number of rotatable bonds is 4. The van der Waals surface area contributed by atoms with Crippen molar-refractivity contribution in [1.82, 2.24) is 15.0 Å². The number of aliphatic imine (C=N–C) groups is 2. The summed E-state index contributed by atoms with van der Waals surface area (Å²) in [6.45, 7) is 6.18. The van der Waals surface area contributed by atoms with E-state index in [2.05, 4.69) is 15.0 Å². The highest BCUT2D eigenvalue weighted by atomic mass is 32.2. The molecule has 0 N–H and O–H groups in total. The monoisotopic (exact) mass is 547 g/mol. The number of hydrogen-bond donors (Lipinski definition) is 0. The van der Waals surface area contributed by atoms with E-state index in [-0.39, 0.29) is 32.6 Å². The summed E-state index contributed by atoms with van der Waals surface area (Å²) in [7, 11) is -7.46. The molecule has 0 spiro atoms. The first-order valence-corrected chi connectivity index (χ1v) is 15.0. The second kappa shape index (κ2) is 9.48. The lowest BCUT2D eigenvalue weighted by Crippen LogP contribution is -2.33. The number of pyridine rings is 3. The van der Waals surface area contributed by atoms with Gasteiger partial charge in [-0.1, -0.05) is 18.2 Å². The topological polar surface area (TPSA) is 132 Å². The molecule has 0 radical (unpaired) electrons. The zero-order chi connectivity index (χ0) is 27.2. The van der Waals surface area contributed by atoms with Crippen LogP contribution in [-0.4, -0.2) is 53.7 Å². The minimum absolute atomic E-state index is 0.0857. The van der Waals surface area contributed by atoms with E-state index in [1.807, 2.05) is 0 Å². The van der Waals surface area contributed by atoms with Crippen molar-refractivity contribution in [3.63, 3.8) is 0 Å². The molecule has 0 amide bonds. The molecule has 2 atom stereocenters. The third kappa shape index (κ3) is 4.21. The smallest absolute Gasteiger partial charge is 0.184 e. The second-order valence-corrected chi connectivity index (χ2v) is 13.8. The van der Waals surface area contributed by atoms with E-state index in [0.29, 0.717) is 22.8 Å². The molecule has 0 fully saturated rings. The summed E-state index contributed by atoms with van der Waals surface area (Å²) in [6, 6.07) is 15.4. The van der Waals surface area contributed by atoms with Crippen LogP contribution in [0.4, 0.5) is 0 Å². The van der Waals surface area contributed by atoms with Gasteiger partial charge in [0.25, 0.3) is 0 Å². The number of nitrogens with zero attached hydrogens (tertiary/aromatic N) is 5. The average Bonchev–Trinajstić information content (AvgIpc) is 2.92. The zero-order valence-corrected chi connectivity index (χ0v) is 22.8. The van der Waals surface area contributed by atoms with Gasteiger partial charge in [-0.15, -0.1) is 0 Å². The van der Waals surface area contributed by atoms with Gasteiger partial charge in [0.15, 0.2) is 19.7 Å². The Balaban J connectivity index is 1.68. The van der Waals surface area contributed by atoms with Gasteiger partial charge in [0.05, 0.1) is 44.0 Å². The summed E-state index contributed by atoms with van der Waals surface area (Å²) in [5, 5.41) is -1.77. The van der Waals surface area contributed by atoms with Gasteiger partial charge in [0.1, 0.15) is 21.9 Å². The van der Waals surface area contributed by atoms with Gasteiger partial charge < -0.3 is 0 Å². The van der Waals surface area contributed by atoms with Crippen LogP contribution in [0, 0.1) is 0 Å². The normalized spacial score (nSPS) is 22.6. The van der Waals surface area contributed by atoms with Crippen molar-refractivity contribution in [2.24, 2.45) is 9.98 Å². The second-order valence-electron chi connectivity index (χ2n) is 9.02. The fourth-order valence-electron chi connectivity index (χ4n) is 4.41. The Morgan fingerprint density at radius 2 is 0.974 bits per heavy atom. The highest BCUT2D eigenvalue weighted by molar-refractivity contribution is 7.97. The molecule has 0 saturated carbocycles. The van der Waals surface area contributed by atoms with E-state index in [1.165, 1.54) is 13.8 Å². The molecule has 0 aromatic carbocycles. The lowest BCUT2D eigenvalue weighted by molar-refractivity contribution is 0.597. The molecule has 2 aliphatic rings. The summed E-state index contributed by atoms with van der Waals surface area (Å²) in [5.74, 6) is 0. The van der Waals surface area contributed by atoms with Gasteiger partial charge in [-0.2, -0.15) is 0 Å². The van der Waals surface area contributed by atoms with Crippen molar-refractivity contribution in [1.29, 1.82) is 0 Å². The minimum atomic E-state index is -3.73. The van der Waals surface area contributed by atoms with Crippen LogP contribution in [0.2, 0.25) is 0 Å². The first kappa shape index (κ1) is 25.8. The van der Waals surface area contributed by atoms with Gasteiger partial charge in [0.2, 0.25) is 0 Å². The fourth-order valence-corrected chi connectivity index (χ4v) is 7.24. The highest BCUT2D eigenvalue weighted by Crippen LogP contribution is 2.35. The minimum Gasteiger partial charge on any atom is -0.255 e. The summed E-state index contributed by atoms with van der Waals surface area (Å²) >= 11 is 0. The molecule has 0 aliphatic carbocycles. The van der Waals surface area contributed by atoms with Crippen molar-refractivity contribution >= 4 is 42.5 Å². The lowest BCUT2D eigenvalue weighted by atomic mass is 10.1. The van der Waals surface area contributed by atoms with Crippen molar-refractivity contribution in [2.45, 2.75) is 38.2 Å². The van der Waals surface area contributed by atoms with Gasteiger partial charge in [0, 0.05) is 12.4 Å². The molecule has 11 heteroatoms. The van der Waals surface area contributed by atoms with Gasteiger partial charge in [-0.05, 0) is 64.1 Å². The predicted octanol–water partition coefficient (Wildman–Crippen LogP) is 3.86. The van der Waals surface area contributed by atoms with Gasteiger partial charge in [-0.25, -0.2) is 31.8 Å². The van der Waals surface area contributed by atoms with E-state index in [0.717, 1.165) is 0 Å². The number of sulfone groups is 2. The van der Waals surface area contributed by atoms with Crippen LogP contribution in [0.25, 0.3) is 11.4 Å². The average molecular weight is 548 g/mol. The van der Waals surface area contributed by atoms with E-state index >= 15 is 0 Å². The third-order valence-corrected chi connectivity index (χ3v) is 11.2. The molecular formula is C27H25N5O4S2. The van der Waals surface area contributed by atoms with Crippen LogP contribution in [0.1, 0.15) is 50.5 Å². The quantitative estimate of drug-likeness (QED) is 0.484. The fraction of sp³-hybridized carbons (Fsp3) is 0.222. The van der Waals surface area contributed by atoms with Crippen LogP contribution in [-0.2, 0) is 19.7 Å². The molecule has 5 rings (SSSR count). The third-order valence-electron chi connectivity index (χ3n) is 6.78. The molecule has 194 valence electrons. The Labute approximate surface area is 221 Å². The first-order valence-electron chi connectivity index (χ1n) is 11.9. The lowest BCUT2D eigenvalue weighted by Gasteiger charge is -2.24. The van der Waals surface area contributed by atoms with Crippen molar-refractivity contribution in [2.75, 3.05) is 0 Å². The van der Waals surface area contributed by atoms with E-state index in [4.69, 9.17) is 9.98 Å². The molecule has 9 nitrogen and oxygen atoms in total. The predicted molar refractivity (Wildman–Crippen MR) is 148 cm³/mol. The molecule has 5 heterocycles. The number of hydrogen-bond acceptors (Lipinski definition) is 9. The van der Waals surface area contributed by atoms with Gasteiger partial charge >= 0.3 is 0 Å². The Bertz CT molecular complexity index is 1650. The summed E-state index contributed by atoms with van der Waals surface area (Å²) in [6.07, 6.45) is 3.16. The Kier molecular flexibility index (Phi) is 6.44.